The average Bonchev–Trinajstić information content (AvgIpc) is 2.18. The number of amides is 1. The maximum atomic E-state index is 12.9. The van der Waals surface area contributed by atoms with E-state index in [1.807, 2.05) is 0 Å². The summed E-state index contributed by atoms with van der Waals surface area (Å²) in [6, 6.07) is 2.87. The zero-order valence-corrected chi connectivity index (χ0v) is 11.7. The molecule has 2 nitrogen and oxygen atoms in total. The van der Waals surface area contributed by atoms with E-state index in [1.165, 1.54) is 26.0 Å². The fourth-order valence-electron chi connectivity index (χ4n) is 1.73. The van der Waals surface area contributed by atoms with Crippen LogP contribution >= 0.6 is 0 Å². The van der Waals surface area contributed by atoms with E-state index in [1.54, 1.807) is 20.8 Å². The van der Waals surface area contributed by atoms with E-state index in [9.17, 15) is 18.0 Å². The Morgan fingerprint density at radius 3 is 2.05 bits per heavy atom. The number of aryl methyl sites for hydroxylation is 1. The lowest BCUT2D eigenvalue weighted by Crippen LogP contribution is -2.28. The lowest BCUT2D eigenvalue weighted by atomic mass is 9.94. The minimum atomic E-state index is -4.42. The minimum Gasteiger partial charge on any atom is -0.325 e. The predicted molar refractivity (Wildman–Crippen MR) is 69.0 cm³/mol. The Morgan fingerprint density at radius 2 is 1.63 bits per heavy atom. The summed E-state index contributed by atoms with van der Waals surface area (Å²) in [7, 11) is 0. The first-order valence-electron chi connectivity index (χ1n) is 5.93. The monoisotopic (exact) mass is 273 g/mol. The summed E-state index contributed by atoms with van der Waals surface area (Å²) in [5, 5.41) is 2.55. The largest absolute Gasteiger partial charge is 0.416 e. The van der Waals surface area contributed by atoms with Gasteiger partial charge in [0, 0.05) is 11.1 Å². The van der Waals surface area contributed by atoms with E-state index in [0.29, 0.717) is 0 Å². The molecule has 0 aliphatic heterocycles. The first-order valence-corrected chi connectivity index (χ1v) is 5.93. The van der Waals surface area contributed by atoms with Crippen molar-refractivity contribution < 1.29 is 18.0 Å². The summed E-state index contributed by atoms with van der Waals surface area (Å²) in [4.78, 5) is 11.8. The molecule has 0 aromatic heterocycles. The van der Waals surface area contributed by atoms with Crippen LogP contribution in [-0.4, -0.2) is 5.91 Å². The lowest BCUT2D eigenvalue weighted by Gasteiger charge is -2.21. The van der Waals surface area contributed by atoms with Gasteiger partial charge in [0.25, 0.3) is 0 Å². The molecule has 0 atom stereocenters. The van der Waals surface area contributed by atoms with Crippen LogP contribution in [0.15, 0.2) is 12.1 Å². The van der Waals surface area contributed by atoms with Gasteiger partial charge in [-0.2, -0.15) is 13.2 Å². The van der Waals surface area contributed by atoms with Crippen LogP contribution < -0.4 is 5.32 Å². The Kier molecular flexibility index (Phi) is 3.98. The molecular weight excluding hydrogens is 255 g/mol. The zero-order valence-electron chi connectivity index (χ0n) is 11.7. The number of alkyl halides is 3. The third kappa shape index (κ3) is 3.49. The van der Waals surface area contributed by atoms with Gasteiger partial charge >= 0.3 is 6.18 Å². The quantitative estimate of drug-likeness (QED) is 0.811. The van der Waals surface area contributed by atoms with Gasteiger partial charge in [-0.25, -0.2) is 0 Å². The van der Waals surface area contributed by atoms with Crippen molar-refractivity contribution in [3.63, 3.8) is 0 Å². The van der Waals surface area contributed by atoms with Crippen LogP contribution in [0.3, 0.4) is 0 Å². The molecule has 1 N–H and O–H groups in total. The molecule has 106 valence electrons. The van der Waals surface area contributed by atoms with E-state index in [-0.39, 0.29) is 22.7 Å². The highest BCUT2D eigenvalue weighted by Crippen LogP contribution is 2.37. The summed E-state index contributed by atoms with van der Waals surface area (Å²) in [6.07, 6.45) is -4.42. The number of rotatable bonds is 1. The second-order valence-corrected chi connectivity index (χ2v) is 5.63. The molecule has 0 aliphatic rings. The first kappa shape index (κ1) is 15.5. The number of hydrogen-bond donors (Lipinski definition) is 1. The third-order valence-electron chi connectivity index (χ3n) is 2.89. The van der Waals surface area contributed by atoms with Crippen molar-refractivity contribution in [2.75, 3.05) is 5.32 Å². The van der Waals surface area contributed by atoms with Crippen molar-refractivity contribution in [3.05, 3.63) is 28.8 Å². The molecule has 0 saturated carbocycles. The highest BCUT2D eigenvalue weighted by Gasteiger charge is 2.35. The van der Waals surface area contributed by atoms with E-state index in [4.69, 9.17) is 0 Å². The molecule has 0 saturated heterocycles. The van der Waals surface area contributed by atoms with Gasteiger partial charge in [-0.1, -0.05) is 26.8 Å². The second-order valence-electron chi connectivity index (χ2n) is 5.63. The topological polar surface area (TPSA) is 29.1 Å². The molecule has 0 heterocycles. The Labute approximate surface area is 111 Å². The number of carbonyl (C=O) groups excluding carboxylic acids is 1. The van der Waals surface area contributed by atoms with Crippen LogP contribution in [0.5, 0.6) is 0 Å². The number of hydrogen-bond acceptors (Lipinski definition) is 1. The zero-order chi connectivity index (χ0) is 15.0. The maximum absolute atomic E-state index is 12.9. The first-order chi connectivity index (χ1) is 8.44. The number of halogens is 3. The number of nitrogens with one attached hydrogen (secondary N) is 1. The summed E-state index contributed by atoms with van der Waals surface area (Å²) >= 11 is 0. The predicted octanol–water partition coefficient (Wildman–Crippen LogP) is 4.31. The molecule has 1 amide bonds. The van der Waals surface area contributed by atoms with Crippen molar-refractivity contribution >= 4 is 11.6 Å². The molecule has 0 fully saturated rings. The molecule has 0 radical (unpaired) electrons. The molecule has 0 unspecified atom stereocenters. The average molecular weight is 273 g/mol. The van der Waals surface area contributed by atoms with E-state index in [0.717, 1.165) is 0 Å². The van der Waals surface area contributed by atoms with Gasteiger partial charge in [0.05, 0.1) is 5.56 Å². The number of anilines is 1. The van der Waals surface area contributed by atoms with Gasteiger partial charge in [-0.05, 0) is 31.0 Å². The van der Waals surface area contributed by atoms with E-state index in [2.05, 4.69) is 5.32 Å². The smallest absolute Gasteiger partial charge is 0.325 e. The minimum absolute atomic E-state index is 0.0464. The Balaban J connectivity index is 3.23. The van der Waals surface area contributed by atoms with Gasteiger partial charge in [-0.15, -0.1) is 0 Å². The van der Waals surface area contributed by atoms with Crippen molar-refractivity contribution in [2.24, 2.45) is 5.41 Å². The molecule has 5 heteroatoms. The van der Waals surface area contributed by atoms with Crippen LogP contribution in [0, 0.1) is 19.3 Å². The molecular formula is C14H18F3NO. The van der Waals surface area contributed by atoms with Crippen molar-refractivity contribution in [1.29, 1.82) is 0 Å². The van der Waals surface area contributed by atoms with Crippen LogP contribution in [0.1, 0.15) is 37.5 Å². The Hall–Kier alpha value is -1.52. The summed E-state index contributed by atoms with van der Waals surface area (Å²) in [5.74, 6) is -0.312. The van der Waals surface area contributed by atoms with Gasteiger partial charge in [-0.3, -0.25) is 4.79 Å². The maximum Gasteiger partial charge on any atom is 0.416 e. The lowest BCUT2D eigenvalue weighted by molar-refractivity contribution is -0.138. The molecule has 1 rings (SSSR count). The number of benzene rings is 1. The molecule has 0 spiro atoms. The fraction of sp³-hybridized carbons (Fsp3) is 0.500. The van der Waals surface area contributed by atoms with Gasteiger partial charge in [0.1, 0.15) is 0 Å². The number of carbonyl (C=O) groups is 1. The van der Waals surface area contributed by atoms with Crippen LogP contribution in [0.25, 0.3) is 0 Å². The van der Waals surface area contributed by atoms with Crippen molar-refractivity contribution in [3.8, 4) is 0 Å². The van der Waals surface area contributed by atoms with Crippen molar-refractivity contribution in [1.82, 2.24) is 0 Å². The van der Waals surface area contributed by atoms with Crippen LogP contribution in [0.4, 0.5) is 18.9 Å². The molecule has 1 aromatic rings. The molecule has 1 aromatic carbocycles. The molecule has 19 heavy (non-hydrogen) atoms. The van der Waals surface area contributed by atoms with Crippen LogP contribution in [-0.2, 0) is 11.0 Å². The normalized spacial score (nSPS) is 12.4. The second kappa shape index (κ2) is 4.87. The van der Waals surface area contributed by atoms with Gasteiger partial charge < -0.3 is 5.32 Å². The summed E-state index contributed by atoms with van der Waals surface area (Å²) in [6.45, 7) is 7.89. The SMILES string of the molecule is Cc1ccc(NC(=O)C(C)(C)C)c(C)c1C(F)(F)F. The molecule has 0 bridgehead atoms. The van der Waals surface area contributed by atoms with Crippen molar-refractivity contribution in [2.45, 2.75) is 40.8 Å². The Bertz CT molecular complexity index is 499. The van der Waals surface area contributed by atoms with E-state index >= 15 is 0 Å². The van der Waals surface area contributed by atoms with E-state index < -0.39 is 17.2 Å². The van der Waals surface area contributed by atoms with Gasteiger partial charge in [0.2, 0.25) is 5.91 Å². The van der Waals surface area contributed by atoms with Crippen LogP contribution in [0.2, 0.25) is 0 Å². The highest BCUT2D eigenvalue weighted by atomic mass is 19.4. The molecule has 0 aliphatic carbocycles. The summed E-state index contributed by atoms with van der Waals surface area (Å²) in [5.41, 5.74) is -0.934. The third-order valence-corrected chi connectivity index (χ3v) is 2.89. The summed E-state index contributed by atoms with van der Waals surface area (Å²) < 4.78 is 38.8. The standard InChI is InChI=1S/C14H18F3NO/c1-8-6-7-10(18-12(19)13(3,4)5)9(2)11(8)14(15,16)17/h6-7H,1-5H3,(H,18,19). The highest BCUT2D eigenvalue weighted by molar-refractivity contribution is 5.95. The fourth-order valence-corrected chi connectivity index (χ4v) is 1.73. The van der Waals surface area contributed by atoms with Gasteiger partial charge in [0.15, 0.2) is 0 Å². The Morgan fingerprint density at radius 1 is 1.11 bits per heavy atom.